The lowest BCUT2D eigenvalue weighted by Crippen LogP contribution is -2.58. The molecule has 2 rings (SSSR count). The molecule has 0 aliphatic carbocycles. The molecule has 0 aromatic heterocycles. The number of carboxylic acid groups (broad SMARTS) is 1. The van der Waals surface area contributed by atoms with E-state index < -0.39 is 11.5 Å². The molecular formula is C15H22N2O2. The normalized spacial score (nSPS) is 19.2. The number of hydrogen-bond donors (Lipinski definition) is 2. The average Bonchev–Trinajstić information content (AvgIpc) is 2.42. The number of aliphatic carboxylic acids is 1. The second-order valence-corrected chi connectivity index (χ2v) is 5.18. The molecule has 0 amide bonds. The summed E-state index contributed by atoms with van der Waals surface area (Å²) in [7, 11) is 0. The van der Waals surface area contributed by atoms with Crippen LogP contribution in [0.1, 0.15) is 25.3 Å². The van der Waals surface area contributed by atoms with Crippen molar-refractivity contribution >= 4 is 5.97 Å². The Kier molecular flexibility index (Phi) is 4.56. The Hall–Kier alpha value is -1.39. The molecule has 0 bridgehead atoms. The maximum absolute atomic E-state index is 11.5. The fourth-order valence-electron chi connectivity index (χ4n) is 2.74. The predicted octanol–water partition coefficient (Wildman–Crippen LogP) is 1.72. The first-order valence-corrected chi connectivity index (χ1v) is 6.91. The molecule has 104 valence electrons. The van der Waals surface area contributed by atoms with Gasteiger partial charge in [0.2, 0.25) is 0 Å². The molecule has 1 aliphatic heterocycles. The van der Waals surface area contributed by atoms with Gasteiger partial charge >= 0.3 is 5.97 Å². The molecule has 1 saturated heterocycles. The Morgan fingerprint density at radius 1 is 1.32 bits per heavy atom. The average molecular weight is 262 g/mol. The van der Waals surface area contributed by atoms with Crippen molar-refractivity contribution in [3.8, 4) is 0 Å². The maximum Gasteiger partial charge on any atom is 0.323 e. The highest BCUT2D eigenvalue weighted by atomic mass is 16.4. The van der Waals surface area contributed by atoms with Gasteiger partial charge in [-0.3, -0.25) is 9.69 Å². The number of carboxylic acids is 1. The summed E-state index contributed by atoms with van der Waals surface area (Å²) in [4.78, 5) is 13.8. The van der Waals surface area contributed by atoms with E-state index in [0.717, 1.165) is 19.6 Å². The second kappa shape index (κ2) is 6.17. The van der Waals surface area contributed by atoms with Crippen LogP contribution in [0.15, 0.2) is 30.3 Å². The number of likely N-dealkylation sites (tertiary alicyclic amines) is 1. The van der Waals surface area contributed by atoms with Crippen LogP contribution in [0.5, 0.6) is 0 Å². The van der Waals surface area contributed by atoms with Gasteiger partial charge in [0.05, 0.1) is 0 Å². The number of hydrogen-bond acceptors (Lipinski definition) is 3. The largest absolute Gasteiger partial charge is 0.480 e. The van der Waals surface area contributed by atoms with Crippen molar-refractivity contribution in [2.24, 2.45) is 0 Å². The summed E-state index contributed by atoms with van der Waals surface area (Å²) in [5.41, 5.74) is 0.566. The van der Waals surface area contributed by atoms with Gasteiger partial charge in [0, 0.05) is 19.6 Å². The summed E-state index contributed by atoms with van der Waals surface area (Å²) in [5.74, 6) is -0.714. The number of piperidine rings is 1. The maximum atomic E-state index is 11.5. The summed E-state index contributed by atoms with van der Waals surface area (Å²) < 4.78 is 0. The third-order valence-electron chi connectivity index (χ3n) is 3.88. The Labute approximate surface area is 114 Å². The van der Waals surface area contributed by atoms with Gasteiger partial charge in [0.1, 0.15) is 5.54 Å². The fraction of sp³-hybridized carbons (Fsp3) is 0.533. The first-order valence-electron chi connectivity index (χ1n) is 6.91. The first kappa shape index (κ1) is 14.0. The summed E-state index contributed by atoms with van der Waals surface area (Å²) in [6.07, 6.45) is 1.34. The van der Waals surface area contributed by atoms with Gasteiger partial charge in [-0.2, -0.15) is 0 Å². The molecule has 4 nitrogen and oxygen atoms in total. The van der Waals surface area contributed by atoms with Crippen molar-refractivity contribution in [2.75, 3.05) is 19.6 Å². The molecule has 0 unspecified atom stereocenters. The number of nitrogens with zero attached hydrogens (tertiary/aromatic N) is 1. The van der Waals surface area contributed by atoms with Crippen LogP contribution in [0.4, 0.5) is 0 Å². The van der Waals surface area contributed by atoms with E-state index in [-0.39, 0.29) is 0 Å². The van der Waals surface area contributed by atoms with Crippen LogP contribution in [0.25, 0.3) is 0 Å². The van der Waals surface area contributed by atoms with Gasteiger partial charge in [-0.15, -0.1) is 0 Å². The molecule has 0 atom stereocenters. The number of likely N-dealkylation sites (N-methyl/N-ethyl adjacent to an activating group) is 1. The molecule has 0 spiro atoms. The van der Waals surface area contributed by atoms with Crippen molar-refractivity contribution in [1.29, 1.82) is 0 Å². The Morgan fingerprint density at radius 3 is 2.47 bits per heavy atom. The minimum Gasteiger partial charge on any atom is -0.480 e. The Bertz CT molecular complexity index is 411. The second-order valence-electron chi connectivity index (χ2n) is 5.18. The number of carbonyl (C=O) groups is 1. The molecule has 0 saturated carbocycles. The van der Waals surface area contributed by atoms with Crippen LogP contribution in [0, 0.1) is 0 Å². The topological polar surface area (TPSA) is 52.6 Å². The lowest BCUT2D eigenvalue weighted by Gasteiger charge is -2.39. The molecule has 4 heteroatoms. The zero-order valence-corrected chi connectivity index (χ0v) is 11.4. The molecule has 0 radical (unpaired) electrons. The third-order valence-corrected chi connectivity index (χ3v) is 3.88. The summed E-state index contributed by atoms with van der Waals surface area (Å²) >= 11 is 0. The zero-order valence-electron chi connectivity index (χ0n) is 11.4. The molecule has 2 N–H and O–H groups in total. The minimum absolute atomic E-state index is 0.670. The first-order chi connectivity index (χ1) is 9.16. The van der Waals surface area contributed by atoms with Crippen LogP contribution in [0.3, 0.4) is 0 Å². The van der Waals surface area contributed by atoms with E-state index in [1.54, 1.807) is 0 Å². The SMILES string of the molecule is CCNC1(C(=O)O)CCN(Cc2ccccc2)CC1. The molecule has 1 heterocycles. The highest BCUT2D eigenvalue weighted by molar-refractivity contribution is 5.79. The van der Waals surface area contributed by atoms with E-state index in [1.807, 2.05) is 25.1 Å². The van der Waals surface area contributed by atoms with Gasteiger partial charge in [-0.1, -0.05) is 37.3 Å². The van der Waals surface area contributed by atoms with Crippen molar-refractivity contribution in [1.82, 2.24) is 10.2 Å². The van der Waals surface area contributed by atoms with E-state index in [0.29, 0.717) is 19.4 Å². The van der Waals surface area contributed by atoms with Crippen LogP contribution in [0.2, 0.25) is 0 Å². The van der Waals surface area contributed by atoms with Crippen molar-refractivity contribution in [3.63, 3.8) is 0 Å². The summed E-state index contributed by atoms with van der Waals surface area (Å²) in [6.45, 7) is 5.22. The van der Waals surface area contributed by atoms with Gasteiger partial charge in [-0.25, -0.2) is 0 Å². The lowest BCUT2D eigenvalue weighted by atomic mass is 9.87. The van der Waals surface area contributed by atoms with E-state index in [2.05, 4.69) is 22.3 Å². The standard InChI is InChI=1S/C15H22N2O2/c1-2-16-15(14(18)19)8-10-17(11-9-15)12-13-6-4-3-5-7-13/h3-7,16H,2,8-12H2,1H3,(H,18,19). The summed E-state index contributed by atoms with van der Waals surface area (Å²) in [6, 6.07) is 10.3. The van der Waals surface area contributed by atoms with E-state index in [9.17, 15) is 9.90 Å². The molecule has 1 aromatic rings. The van der Waals surface area contributed by atoms with Crippen molar-refractivity contribution < 1.29 is 9.90 Å². The van der Waals surface area contributed by atoms with Crippen molar-refractivity contribution in [2.45, 2.75) is 31.8 Å². The van der Waals surface area contributed by atoms with Crippen LogP contribution in [-0.4, -0.2) is 41.1 Å². The smallest absolute Gasteiger partial charge is 0.323 e. The fourth-order valence-corrected chi connectivity index (χ4v) is 2.74. The lowest BCUT2D eigenvalue weighted by molar-refractivity contribution is -0.147. The van der Waals surface area contributed by atoms with Crippen LogP contribution >= 0.6 is 0 Å². The molecular weight excluding hydrogens is 240 g/mol. The predicted molar refractivity (Wildman–Crippen MR) is 75.0 cm³/mol. The van der Waals surface area contributed by atoms with E-state index in [1.165, 1.54) is 5.56 Å². The van der Waals surface area contributed by atoms with Gasteiger partial charge < -0.3 is 10.4 Å². The van der Waals surface area contributed by atoms with Gasteiger partial charge in [-0.05, 0) is 24.9 Å². The van der Waals surface area contributed by atoms with Crippen molar-refractivity contribution in [3.05, 3.63) is 35.9 Å². The van der Waals surface area contributed by atoms with Gasteiger partial charge in [0.25, 0.3) is 0 Å². The Morgan fingerprint density at radius 2 is 1.95 bits per heavy atom. The summed E-state index contributed by atoms with van der Waals surface area (Å²) in [5, 5.41) is 12.6. The van der Waals surface area contributed by atoms with Gasteiger partial charge in [0.15, 0.2) is 0 Å². The third kappa shape index (κ3) is 3.33. The van der Waals surface area contributed by atoms with E-state index >= 15 is 0 Å². The molecule has 1 aliphatic rings. The number of benzene rings is 1. The Balaban J connectivity index is 1.93. The molecule has 19 heavy (non-hydrogen) atoms. The quantitative estimate of drug-likeness (QED) is 0.848. The van der Waals surface area contributed by atoms with Crippen LogP contribution in [-0.2, 0) is 11.3 Å². The molecule has 1 fully saturated rings. The highest BCUT2D eigenvalue weighted by Crippen LogP contribution is 2.23. The van der Waals surface area contributed by atoms with E-state index in [4.69, 9.17) is 0 Å². The molecule has 1 aromatic carbocycles. The van der Waals surface area contributed by atoms with Crippen LogP contribution < -0.4 is 5.32 Å². The zero-order chi connectivity index (χ0) is 13.7. The highest BCUT2D eigenvalue weighted by Gasteiger charge is 2.40. The monoisotopic (exact) mass is 262 g/mol. The minimum atomic E-state index is -0.720. The number of rotatable bonds is 5. The number of nitrogens with one attached hydrogen (secondary N) is 1.